The highest BCUT2D eigenvalue weighted by atomic mass is 16.7. The van der Waals surface area contributed by atoms with E-state index >= 15 is 0 Å². The van der Waals surface area contributed by atoms with Gasteiger partial charge < -0.3 is 14.2 Å². The van der Waals surface area contributed by atoms with Gasteiger partial charge in [-0.05, 0) is 24.1 Å². The molecule has 0 saturated carbocycles. The first kappa shape index (κ1) is 14.7. The second kappa shape index (κ2) is 7.78. The molecule has 1 fully saturated rings. The van der Waals surface area contributed by atoms with E-state index < -0.39 is 6.16 Å². The second-order valence-corrected chi connectivity index (χ2v) is 5.05. The molecular weight excluding hydrogens is 256 g/mol. The van der Waals surface area contributed by atoms with Crippen LogP contribution in [0.4, 0.5) is 4.79 Å². The number of ether oxygens (including phenoxy) is 3. The number of hydrogen-bond acceptors (Lipinski definition) is 4. The Morgan fingerprint density at radius 3 is 2.45 bits per heavy atom. The minimum atomic E-state index is -0.576. The van der Waals surface area contributed by atoms with E-state index in [1.165, 1.54) is 19.3 Å². The van der Waals surface area contributed by atoms with E-state index in [2.05, 4.69) is 6.92 Å². The molecule has 0 bridgehead atoms. The Labute approximate surface area is 120 Å². The number of rotatable bonds is 7. The van der Waals surface area contributed by atoms with Crippen molar-refractivity contribution in [2.75, 3.05) is 19.8 Å². The normalized spacial score (nSPS) is 15.6. The van der Waals surface area contributed by atoms with Crippen molar-refractivity contribution in [3.05, 3.63) is 29.8 Å². The Bertz CT molecular complexity index is 403. The maximum atomic E-state index is 10.8. The maximum Gasteiger partial charge on any atom is 0.508 e. The average molecular weight is 278 g/mol. The summed E-state index contributed by atoms with van der Waals surface area (Å²) in [4.78, 5) is 10.8. The van der Waals surface area contributed by atoms with Crippen LogP contribution in [0, 0.1) is 0 Å². The highest BCUT2D eigenvalue weighted by Crippen LogP contribution is 2.23. The molecular formula is C16H22O4. The van der Waals surface area contributed by atoms with Crippen LogP contribution in [-0.4, -0.2) is 26.0 Å². The van der Waals surface area contributed by atoms with Gasteiger partial charge in [0.15, 0.2) is 0 Å². The van der Waals surface area contributed by atoms with E-state index in [0.717, 1.165) is 24.3 Å². The summed E-state index contributed by atoms with van der Waals surface area (Å²) < 4.78 is 15.5. The van der Waals surface area contributed by atoms with Crippen molar-refractivity contribution >= 4 is 6.16 Å². The van der Waals surface area contributed by atoms with Crippen molar-refractivity contribution in [1.82, 2.24) is 0 Å². The zero-order valence-electron chi connectivity index (χ0n) is 12.0. The number of unbranched alkanes of at least 4 members (excludes halogenated alkanes) is 3. The maximum absolute atomic E-state index is 10.8. The molecule has 0 aromatic heterocycles. The second-order valence-electron chi connectivity index (χ2n) is 5.05. The summed E-state index contributed by atoms with van der Waals surface area (Å²) >= 11 is 0. The summed E-state index contributed by atoms with van der Waals surface area (Å²) in [5.74, 6) is 1.00. The average Bonchev–Trinajstić information content (AvgIpc) is 2.49. The van der Waals surface area contributed by atoms with Crippen molar-refractivity contribution in [3.8, 4) is 5.75 Å². The Morgan fingerprint density at radius 1 is 1.10 bits per heavy atom. The number of carbonyl (C=O) groups is 1. The van der Waals surface area contributed by atoms with E-state index in [1.807, 2.05) is 24.3 Å². The van der Waals surface area contributed by atoms with E-state index in [0.29, 0.717) is 13.2 Å². The lowest BCUT2D eigenvalue weighted by Gasteiger charge is -2.22. The molecule has 2 rings (SSSR count). The van der Waals surface area contributed by atoms with Crippen LogP contribution >= 0.6 is 0 Å². The summed E-state index contributed by atoms with van der Waals surface area (Å²) in [6.45, 7) is 3.74. The Balaban J connectivity index is 1.76. The van der Waals surface area contributed by atoms with Crippen LogP contribution in [0.15, 0.2) is 24.3 Å². The van der Waals surface area contributed by atoms with Crippen LogP contribution in [-0.2, 0) is 9.47 Å². The van der Waals surface area contributed by atoms with Gasteiger partial charge in [0.1, 0.15) is 19.0 Å². The van der Waals surface area contributed by atoms with Gasteiger partial charge in [0.25, 0.3) is 0 Å². The molecule has 1 aliphatic heterocycles. The zero-order chi connectivity index (χ0) is 14.2. The SMILES string of the molecule is CCCCCCOc1ccc(C2COC(=O)OC2)cc1. The number of benzene rings is 1. The lowest BCUT2D eigenvalue weighted by molar-refractivity contribution is 0.00720. The molecule has 0 aliphatic carbocycles. The lowest BCUT2D eigenvalue weighted by atomic mass is 10.0. The summed E-state index contributed by atoms with van der Waals surface area (Å²) in [5.41, 5.74) is 1.11. The summed E-state index contributed by atoms with van der Waals surface area (Å²) in [5, 5.41) is 0. The molecule has 4 heteroatoms. The molecule has 0 spiro atoms. The fourth-order valence-corrected chi connectivity index (χ4v) is 2.17. The summed E-state index contributed by atoms with van der Waals surface area (Å²) in [6.07, 6.45) is 4.25. The number of cyclic esters (lactones) is 2. The van der Waals surface area contributed by atoms with Gasteiger partial charge in [-0.25, -0.2) is 4.79 Å². The highest BCUT2D eigenvalue weighted by Gasteiger charge is 2.22. The van der Waals surface area contributed by atoms with Crippen molar-refractivity contribution in [3.63, 3.8) is 0 Å². The first-order valence-corrected chi connectivity index (χ1v) is 7.32. The third-order valence-electron chi connectivity index (χ3n) is 3.42. The van der Waals surface area contributed by atoms with Crippen molar-refractivity contribution in [1.29, 1.82) is 0 Å². The van der Waals surface area contributed by atoms with Gasteiger partial charge in [-0.2, -0.15) is 0 Å². The van der Waals surface area contributed by atoms with Crippen molar-refractivity contribution < 1.29 is 19.0 Å². The molecule has 0 amide bonds. The molecule has 4 nitrogen and oxygen atoms in total. The Morgan fingerprint density at radius 2 is 1.80 bits per heavy atom. The van der Waals surface area contributed by atoms with E-state index in [-0.39, 0.29) is 5.92 Å². The quantitative estimate of drug-likeness (QED) is 0.560. The molecule has 0 N–H and O–H groups in total. The largest absolute Gasteiger partial charge is 0.508 e. The molecule has 110 valence electrons. The third-order valence-corrected chi connectivity index (χ3v) is 3.42. The van der Waals surface area contributed by atoms with Gasteiger partial charge in [0, 0.05) is 0 Å². The van der Waals surface area contributed by atoms with Crippen molar-refractivity contribution in [2.24, 2.45) is 0 Å². The fourth-order valence-electron chi connectivity index (χ4n) is 2.17. The molecule has 1 aromatic rings. The molecule has 0 radical (unpaired) electrons. The number of carbonyl (C=O) groups excluding carboxylic acids is 1. The first-order chi connectivity index (χ1) is 9.79. The minimum absolute atomic E-state index is 0.117. The van der Waals surface area contributed by atoms with Crippen LogP contribution in [0.1, 0.15) is 44.1 Å². The van der Waals surface area contributed by atoms with Gasteiger partial charge in [0.05, 0.1) is 12.5 Å². The zero-order valence-corrected chi connectivity index (χ0v) is 12.0. The van der Waals surface area contributed by atoms with Crippen LogP contribution < -0.4 is 4.74 Å². The van der Waals surface area contributed by atoms with Gasteiger partial charge >= 0.3 is 6.16 Å². The molecule has 0 unspecified atom stereocenters. The van der Waals surface area contributed by atoms with Crippen molar-refractivity contribution in [2.45, 2.75) is 38.5 Å². The predicted octanol–water partition coefficient (Wildman–Crippen LogP) is 3.90. The topological polar surface area (TPSA) is 44.8 Å². The third kappa shape index (κ3) is 4.44. The van der Waals surface area contributed by atoms with E-state index in [9.17, 15) is 4.79 Å². The Kier molecular flexibility index (Phi) is 5.71. The molecule has 20 heavy (non-hydrogen) atoms. The van der Waals surface area contributed by atoms with E-state index in [4.69, 9.17) is 14.2 Å². The van der Waals surface area contributed by atoms with Crippen LogP contribution in [0.5, 0.6) is 5.75 Å². The molecule has 0 atom stereocenters. The summed E-state index contributed by atoms with van der Waals surface area (Å²) in [7, 11) is 0. The van der Waals surface area contributed by atoms with Gasteiger partial charge in [-0.1, -0.05) is 38.3 Å². The molecule has 1 aromatic carbocycles. The lowest BCUT2D eigenvalue weighted by Crippen LogP contribution is -2.25. The minimum Gasteiger partial charge on any atom is -0.494 e. The van der Waals surface area contributed by atoms with Gasteiger partial charge in [-0.15, -0.1) is 0 Å². The monoisotopic (exact) mass is 278 g/mol. The first-order valence-electron chi connectivity index (χ1n) is 7.32. The van der Waals surface area contributed by atoms with Gasteiger partial charge in [0.2, 0.25) is 0 Å². The van der Waals surface area contributed by atoms with Crippen LogP contribution in [0.25, 0.3) is 0 Å². The Hall–Kier alpha value is -1.71. The predicted molar refractivity (Wildman–Crippen MR) is 76.1 cm³/mol. The summed E-state index contributed by atoms with van der Waals surface area (Å²) in [6, 6.07) is 7.94. The van der Waals surface area contributed by atoms with Crippen LogP contribution in [0.3, 0.4) is 0 Å². The standard InChI is InChI=1S/C16H22O4/c1-2-3-4-5-10-18-15-8-6-13(7-9-15)14-11-19-16(17)20-12-14/h6-9,14H,2-5,10-12H2,1H3. The van der Waals surface area contributed by atoms with Crippen LogP contribution in [0.2, 0.25) is 0 Å². The molecule has 1 aliphatic rings. The highest BCUT2D eigenvalue weighted by molar-refractivity contribution is 5.60. The molecule has 1 saturated heterocycles. The fraction of sp³-hybridized carbons (Fsp3) is 0.562. The smallest absolute Gasteiger partial charge is 0.494 e. The number of hydrogen-bond donors (Lipinski definition) is 0. The van der Waals surface area contributed by atoms with Gasteiger partial charge in [-0.3, -0.25) is 0 Å². The van der Waals surface area contributed by atoms with E-state index in [1.54, 1.807) is 0 Å². The molecule has 1 heterocycles.